The maximum Gasteiger partial charge on any atom is 0.242 e. The van der Waals surface area contributed by atoms with E-state index < -0.39 is 10.0 Å². The molecule has 0 amide bonds. The second kappa shape index (κ2) is 9.21. The van der Waals surface area contributed by atoms with Gasteiger partial charge in [-0.05, 0) is 63.7 Å². The molecule has 0 bridgehead atoms. The predicted molar refractivity (Wildman–Crippen MR) is 98.4 cm³/mol. The summed E-state index contributed by atoms with van der Waals surface area (Å²) >= 11 is 0. The Kier molecular flexibility index (Phi) is 7.95. The lowest BCUT2D eigenvalue weighted by Crippen LogP contribution is -2.28. The van der Waals surface area contributed by atoms with E-state index in [0.29, 0.717) is 18.0 Å². The highest BCUT2D eigenvalue weighted by Crippen LogP contribution is 2.22. The van der Waals surface area contributed by atoms with Gasteiger partial charge in [-0.15, -0.1) is 0 Å². The minimum Gasteiger partial charge on any atom is -0.328 e. The third-order valence-corrected chi connectivity index (χ3v) is 6.08. The van der Waals surface area contributed by atoms with Gasteiger partial charge in [-0.3, -0.25) is 0 Å². The van der Waals surface area contributed by atoms with Crippen molar-refractivity contribution in [1.82, 2.24) is 4.31 Å². The van der Waals surface area contributed by atoms with Gasteiger partial charge in [0.05, 0.1) is 4.91 Å². The zero-order valence-electron chi connectivity index (χ0n) is 14.6. The van der Waals surface area contributed by atoms with E-state index in [-0.39, 0.29) is 6.04 Å². The summed E-state index contributed by atoms with van der Waals surface area (Å²) in [6.07, 6.45) is 10.7. The molecular weight excluding hydrogens is 308 g/mol. The third-order valence-electron chi connectivity index (χ3n) is 4.07. The Morgan fingerprint density at radius 3 is 2.30 bits per heavy atom. The summed E-state index contributed by atoms with van der Waals surface area (Å²) in [5, 5.41) is 0. The smallest absolute Gasteiger partial charge is 0.242 e. The average Bonchev–Trinajstić information content (AvgIpc) is 3.03. The van der Waals surface area contributed by atoms with Crippen molar-refractivity contribution in [2.45, 2.75) is 52.5 Å². The molecule has 0 saturated carbocycles. The minimum absolute atomic E-state index is 0.142. The normalized spacial score (nSPS) is 19.5. The number of allylic oxidation sites excluding steroid dienone is 6. The SMILES string of the molecule is C=C(C=CC(=CC)S(=O)(=O)N1CCCC1)C(=CC)CCC(C)N. The van der Waals surface area contributed by atoms with Crippen LogP contribution in [0, 0.1) is 0 Å². The molecule has 1 atom stereocenters. The standard InChI is InChI=1S/C18H30N2O2S/c1-5-17(11-10-16(4)19)15(3)9-12-18(6-2)23(21,22)20-13-7-8-14-20/h5-6,9,12,16H,3,7-8,10-11,13-14,19H2,1-2,4H3. The van der Waals surface area contributed by atoms with Crippen LogP contribution in [0.5, 0.6) is 0 Å². The van der Waals surface area contributed by atoms with Gasteiger partial charge in [-0.25, -0.2) is 8.42 Å². The number of hydrogen-bond acceptors (Lipinski definition) is 3. The van der Waals surface area contributed by atoms with E-state index in [9.17, 15) is 8.42 Å². The van der Waals surface area contributed by atoms with Gasteiger partial charge in [0.15, 0.2) is 0 Å². The minimum atomic E-state index is -3.38. The topological polar surface area (TPSA) is 63.4 Å². The molecule has 0 spiro atoms. The number of sulfonamides is 1. The van der Waals surface area contributed by atoms with Crippen molar-refractivity contribution >= 4 is 10.0 Å². The molecule has 23 heavy (non-hydrogen) atoms. The summed E-state index contributed by atoms with van der Waals surface area (Å²) in [5.41, 5.74) is 7.74. The molecule has 1 unspecified atom stereocenters. The lowest BCUT2D eigenvalue weighted by molar-refractivity contribution is 0.484. The van der Waals surface area contributed by atoms with Gasteiger partial charge in [0, 0.05) is 19.1 Å². The molecule has 2 N–H and O–H groups in total. The Hall–Kier alpha value is -1.17. The average molecular weight is 339 g/mol. The molecule has 0 radical (unpaired) electrons. The largest absolute Gasteiger partial charge is 0.328 e. The molecule has 1 heterocycles. The van der Waals surface area contributed by atoms with Crippen LogP contribution < -0.4 is 5.73 Å². The summed E-state index contributed by atoms with van der Waals surface area (Å²) in [4.78, 5) is 0.336. The van der Waals surface area contributed by atoms with Crippen molar-refractivity contribution < 1.29 is 8.42 Å². The molecule has 0 aromatic heterocycles. The lowest BCUT2D eigenvalue weighted by atomic mass is 10.00. The first kappa shape index (κ1) is 19.9. The van der Waals surface area contributed by atoms with Gasteiger partial charge in [-0.1, -0.05) is 24.8 Å². The molecule has 1 aliphatic rings. The van der Waals surface area contributed by atoms with Crippen LogP contribution in [0.25, 0.3) is 0 Å². The molecule has 1 fully saturated rings. The molecule has 1 rings (SSSR count). The summed E-state index contributed by atoms with van der Waals surface area (Å²) in [6.45, 7) is 11.0. The molecule has 130 valence electrons. The van der Waals surface area contributed by atoms with Gasteiger partial charge in [0.2, 0.25) is 10.0 Å². The highest BCUT2D eigenvalue weighted by atomic mass is 32.2. The molecule has 0 aromatic carbocycles. The number of nitrogens with two attached hydrogens (primary N) is 1. The summed E-state index contributed by atoms with van der Waals surface area (Å²) in [6, 6.07) is 0.142. The quantitative estimate of drug-likeness (QED) is 0.689. The molecular formula is C18H30N2O2S. The Morgan fingerprint density at radius 2 is 1.83 bits per heavy atom. The van der Waals surface area contributed by atoms with Crippen LogP contribution in [0.1, 0.15) is 46.5 Å². The number of rotatable bonds is 8. The predicted octanol–water partition coefficient (Wildman–Crippen LogP) is 3.50. The zero-order chi connectivity index (χ0) is 17.5. The van der Waals surface area contributed by atoms with Crippen molar-refractivity contribution in [3.63, 3.8) is 0 Å². The Balaban J connectivity index is 2.81. The fourth-order valence-corrected chi connectivity index (χ4v) is 4.15. The maximum atomic E-state index is 12.6. The van der Waals surface area contributed by atoms with Gasteiger partial charge in [-0.2, -0.15) is 4.31 Å². The highest BCUT2D eigenvalue weighted by Gasteiger charge is 2.27. The molecule has 4 nitrogen and oxygen atoms in total. The number of hydrogen-bond donors (Lipinski definition) is 1. The van der Waals surface area contributed by atoms with E-state index in [1.165, 1.54) is 0 Å². The van der Waals surface area contributed by atoms with E-state index in [2.05, 4.69) is 6.58 Å². The van der Waals surface area contributed by atoms with Crippen molar-refractivity contribution in [2.75, 3.05) is 13.1 Å². The van der Waals surface area contributed by atoms with E-state index >= 15 is 0 Å². The van der Waals surface area contributed by atoms with E-state index in [4.69, 9.17) is 5.73 Å². The second-order valence-electron chi connectivity index (χ2n) is 5.99. The lowest BCUT2D eigenvalue weighted by Gasteiger charge is -2.16. The van der Waals surface area contributed by atoms with Crippen LogP contribution in [0.3, 0.4) is 0 Å². The Bertz CT molecular complexity index is 593. The monoisotopic (exact) mass is 338 g/mol. The van der Waals surface area contributed by atoms with E-state index in [1.807, 2.05) is 19.9 Å². The van der Waals surface area contributed by atoms with Crippen LogP contribution in [0.4, 0.5) is 0 Å². The second-order valence-corrected chi connectivity index (χ2v) is 7.93. The molecule has 5 heteroatoms. The van der Waals surface area contributed by atoms with E-state index in [1.54, 1.807) is 29.5 Å². The fraction of sp³-hybridized carbons (Fsp3) is 0.556. The van der Waals surface area contributed by atoms with Crippen LogP contribution in [0.2, 0.25) is 0 Å². The molecule has 0 aliphatic carbocycles. The first-order chi connectivity index (χ1) is 10.8. The summed E-state index contributed by atoms with van der Waals surface area (Å²) in [5.74, 6) is 0. The molecule has 1 aliphatic heterocycles. The zero-order valence-corrected chi connectivity index (χ0v) is 15.4. The first-order valence-corrected chi connectivity index (χ1v) is 9.71. The fourth-order valence-electron chi connectivity index (χ4n) is 2.57. The summed E-state index contributed by atoms with van der Waals surface area (Å²) in [7, 11) is -3.38. The van der Waals surface area contributed by atoms with Crippen molar-refractivity contribution in [2.24, 2.45) is 5.73 Å². The van der Waals surface area contributed by atoms with Crippen LogP contribution in [0.15, 0.2) is 46.9 Å². The Labute approximate surface area is 141 Å². The van der Waals surface area contributed by atoms with Gasteiger partial charge in [0.1, 0.15) is 0 Å². The first-order valence-electron chi connectivity index (χ1n) is 8.27. The maximum absolute atomic E-state index is 12.6. The summed E-state index contributed by atoms with van der Waals surface area (Å²) < 4.78 is 26.7. The number of nitrogens with zero attached hydrogens (tertiary/aromatic N) is 1. The van der Waals surface area contributed by atoms with Crippen LogP contribution in [-0.2, 0) is 10.0 Å². The van der Waals surface area contributed by atoms with Crippen molar-refractivity contribution in [3.8, 4) is 0 Å². The van der Waals surface area contributed by atoms with Crippen molar-refractivity contribution in [1.29, 1.82) is 0 Å². The van der Waals surface area contributed by atoms with Crippen LogP contribution in [-0.4, -0.2) is 31.9 Å². The highest BCUT2D eigenvalue weighted by molar-refractivity contribution is 7.93. The molecule has 1 saturated heterocycles. The van der Waals surface area contributed by atoms with Crippen molar-refractivity contribution in [3.05, 3.63) is 46.9 Å². The van der Waals surface area contributed by atoms with Gasteiger partial charge >= 0.3 is 0 Å². The van der Waals surface area contributed by atoms with Gasteiger partial charge < -0.3 is 5.73 Å². The van der Waals surface area contributed by atoms with Crippen LogP contribution >= 0.6 is 0 Å². The third kappa shape index (κ3) is 5.75. The van der Waals surface area contributed by atoms with E-state index in [0.717, 1.165) is 36.8 Å². The van der Waals surface area contributed by atoms with Gasteiger partial charge in [0.25, 0.3) is 0 Å². The molecule has 0 aromatic rings. The Morgan fingerprint density at radius 1 is 1.22 bits per heavy atom.